The molecular weight excluding hydrogens is 218 g/mol. The number of ketones is 1. The van der Waals surface area contributed by atoms with Gasteiger partial charge in [0.25, 0.3) is 0 Å². The van der Waals surface area contributed by atoms with E-state index in [1.165, 1.54) is 11.3 Å². The zero-order valence-corrected chi connectivity index (χ0v) is 10.1. The van der Waals surface area contributed by atoms with Crippen molar-refractivity contribution >= 4 is 17.6 Å². The fourth-order valence-corrected chi connectivity index (χ4v) is 2.69. The molecule has 0 N–H and O–H groups in total. The van der Waals surface area contributed by atoms with Crippen molar-refractivity contribution in [2.24, 2.45) is 5.92 Å². The number of hydrogen-bond donors (Lipinski definition) is 0. The van der Waals surface area contributed by atoms with E-state index in [9.17, 15) is 14.4 Å². The van der Waals surface area contributed by atoms with Gasteiger partial charge >= 0.3 is 0 Å². The summed E-state index contributed by atoms with van der Waals surface area (Å²) in [6.07, 6.45) is 6.69. The van der Waals surface area contributed by atoms with Gasteiger partial charge in [-0.05, 0) is 19.3 Å². The molecule has 1 aliphatic carbocycles. The Morgan fingerprint density at radius 2 is 1.59 bits per heavy atom. The van der Waals surface area contributed by atoms with Crippen LogP contribution in [-0.4, -0.2) is 29.0 Å². The summed E-state index contributed by atoms with van der Waals surface area (Å²) in [5.41, 5.74) is 0. The topological polar surface area (TPSA) is 54.5 Å². The van der Waals surface area contributed by atoms with Crippen molar-refractivity contribution in [3.8, 4) is 0 Å². The van der Waals surface area contributed by atoms with Crippen molar-refractivity contribution < 1.29 is 14.4 Å². The highest BCUT2D eigenvalue weighted by Gasteiger charge is 2.30. The molecule has 1 aliphatic heterocycles. The number of carbonyl (C=O) groups is 3. The summed E-state index contributed by atoms with van der Waals surface area (Å²) in [6, 6.07) is 0. The van der Waals surface area contributed by atoms with E-state index in [1.54, 1.807) is 0 Å². The van der Waals surface area contributed by atoms with Gasteiger partial charge in [-0.25, -0.2) is 0 Å². The minimum Gasteiger partial charge on any atom is -0.297 e. The summed E-state index contributed by atoms with van der Waals surface area (Å²) in [7, 11) is 0. The molecule has 2 fully saturated rings. The quantitative estimate of drug-likeness (QED) is 0.702. The van der Waals surface area contributed by atoms with Crippen LogP contribution in [0.1, 0.15) is 51.4 Å². The number of nitrogens with zero attached hydrogens (tertiary/aromatic N) is 1. The van der Waals surface area contributed by atoms with E-state index in [0.29, 0.717) is 19.3 Å². The van der Waals surface area contributed by atoms with Gasteiger partial charge in [-0.15, -0.1) is 0 Å². The van der Waals surface area contributed by atoms with Crippen LogP contribution in [-0.2, 0) is 14.4 Å². The summed E-state index contributed by atoms with van der Waals surface area (Å²) >= 11 is 0. The van der Waals surface area contributed by atoms with Gasteiger partial charge in [0, 0.05) is 18.8 Å². The predicted octanol–water partition coefficient (Wildman–Crippen LogP) is 1.67. The Hall–Kier alpha value is -1.19. The Morgan fingerprint density at radius 3 is 2.18 bits per heavy atom. The monoisotopic (exact) mass is 237 g/mol. The number of rotatable bonds is 3. The molecule has 0 bridgehead atoms. The molecule has 2 rings (SSSR count). The highest BCUT2D eigenvalue weighted by Crippen LogP contribution is 2.25. The van der Waals surface area contributed by atoms with Gasteiger partial charge in [0.1, 0.15) is 0 Å². The first-order valence-electron chi connectivity index (χ1n) is 6.54. The maximum Gasteiger partial charge on any atom is 0.229 e. The lowest BCUT2D eigenvalue weighted by molar-refractivity contribution is -0.151. The first kappa shape index (κ1) is 12.3. The van der Waals surface area contributed by atoms with Crippen molar-refractivity contribution in [2.75, 3.05) is 6.54 Å². The Bertz CT molecular complexity index is 316. The van der Waals surface area contributed by atoms with E-state index in [0.717, 1.165) is 25.7 Å². The van der Waals surface area contributed by atoms with Gasteiger partial charge in [0.2, 0.25) is 11.8 Å². The summed E-state index contributed by atoms with van der Waals surface area (Å²) in [5, 5.41) is 0. The Labute approximate surface area is 101 Å². The van der Waals surface area contributed by atoms with Gasteiger partial charge in [-0.2, -0.15) is 0 Å². The van der Waals surface area contributed by atoms with Crippen LogP contribution in [0.3, 0.4) is 0 Å². The van der Waals surface area contributed by atoms with Crippen LogP contribution in [0.15, 0.2) is 0 Å². The number of Topliss-reactive ketones (excluding diaryl/α,β-unsaturated/α-hetero) is 1. The minimum atomic E-state index is -0.176. The van der Waals surface area contributed by atoms with Crippen molar-refractivity contribution in [3.05, 3.63) is 0 Å². The molecule has 4 heteroatoms. The highest BCUT2D eigenvalue weighted by molar-refractivity contribution is 6.01. The van der Waals surface area contributed by atoms with Gasteiger partial charge in [-0.3, -0.25) is 19.3 Å². The zero-order chi connectivity index (χ0) is 12.3. The molecule has 0 aromatic heterocycles. The number of imide groups is 1. The van der Waals surface area contributed by atoms with Crippen LogP contribution >= 0.6 is 0 Å². The minimum absolute atomic E-state index is 0.0162. The van der Waals surface area contributed by atoms with E-state index in [1.807, 2.05) is 0 Å². The van der Waals surface area contributed by atoms with Crippen LogP contribution in [0.25, 0.3) is 0 Å². The second-order valence-electron chi connectivity index (χ2n) is 5.03. The number of piperidine rings is 1. The third kappa shape index (κ3) is 2.93. The van der Waals surface area contributed by atoms with E-state index >= 15 is 0 Å². The summed E-state index contributed by atoms with van der Waals surface area (Å²) < 4.78 is 0. The Morgan fingerprint density at radius 1 is 1.00 bits per heavy atom. The standard InChI is InChI=1S/C13H19NO3/c15-11(10-5-2-1-3-6-10)9-14-12(16)7-4-8-13(14)17/h10H,1-9H2. The summed E-state index contributed by atoms with van der Waals surface area (Å²) in [6.45, 7) is 0.0162. The molecule has 0 radical (unpaired) electrons. The fraction of sp³-hybridized carbons (Fsp3) is 0.769. The smallest absolute Gasteiger partial charge is 0.229 e. The normalized spacial score (nSPS) is 22.9. The molecule has 94 valence electrons. The maximum absolute atomic E-state index is 12.0. The van der Waals surface area contributed by atoms with Crippen LogP contribution in [0.4, 0.5) is 0 Å². The van der Waals surface area contributed by atoms with E-state index in [4.69, 9.17) is 0 Å². The van der Waals surface area contributed by atoms with Crippen molar-refractivity contribution in [2.45, 2.75) is 51.4 Å². The Balaban J connectivity index is 1.92. The number of likely N-dealkylation sites (tertiary alicyclic amines) is 1. The van der Waals surface area contributed by atoms with E-state index in [-0.39, 0.29) is 30.1 Å². The molecule has 0 aromatic carbocycles. The van der Waals surface area contributed by atoms with Crippen LogP contribution < -0.4 is 0 Å². The third-order valence-electron chi connectivity index (χ3n) is 3.76. The SMILES string of the molecule is O=C(CN1C(=O)CCCC1=O)C1CCCCC1. The molecule has 2 aliphatic rings. The first-order chi connectivity index (χ1) is 8.18. The molecule has 1 heterocycles. The van der Waals surface area contributed by atoms with Crippen LogP contribution in [0.5, 0.6) is 0 Å². The second-order valence-corrected chi connectivity index (χ2v) is 5.03. The third-order valence-corrected chi connectivity index (χ3v) is 3.76. The van der Waals surface area contributed by atoms with Crippen molar-refractivity contribution in [1.82, 2.24) is 4.90 Å². The number of carbonyl (C=O) groups excluding carboxylic acids is 3. The molecule has 1 saturated heterocycles. The second kappa shape index (κ2) is 5.43. The molecule has 0 aromatic rings. The molecular formula is C13H19NO3. The van der Waals surface area contributed by atoms with Gasteiger partial charge in [-0.1, -0.05) is 19.3 Å². The lowest BCUT2D eigenvalue weighted by Gasteiger charge is -2.27. The first-order valence-corrected chi connectivity index (χ1v) is 6.54. The van der Waals surface area contributed by atoms with E-state index < -0.39 is 0 Å². The molecule has 17 heavy (non-hydrogen) atoms. The summed E-state index contributed by atoms with van der Waals surface area (Å²) in [4.78, 5) is 36.3. The van der Waals surface area contributed by atoms with Gasteiger partial charge in [0.05, 0.1) is 6.54 Å². The molecule has 0 spiro atoms. The molecule has 0 atom stereocenters. The van der Waals surface area contributed by atoms with Crippen molar-refractivity contribution in [3.63, 3.8) is 0 Å². The zero-order valence-electron chi connectivity index (χ0n) is 10.1. The lowest BCUT2D eigenvalue weighted by Crippen LogP contribution is -2.44. The summed E-state index contributed by atoms with van der Waals surface area (Å²) in [5.74, 6) is -0.199. The van der Waals surface area contributed by atoms with Gasteiger partial charge in [0.15, 0.2) is 5.78 Å². The average Bonchev–Trinajstić information content (AvgIpc) is 2.35. The fourth-order valence-electron chi connectivity index (χ4n) is 2.69. The largest absolute Gasteiger partial charge is 0.297 e. The molecule has 1 saturated carbocycles. The molecule has 2 amide bonds. The van der Waals surface area contributed by atoms with Gasteiger partial charge < -0.3 is 0 Å². The highest BCUT2D eigenvalue weighted by atomic mass is 16.2. The predicted molar refractivity (Wildman–Crippen MR) is 62.2 cm³/mol. The molecule has 0 unspecified atom stereocenters. The Kier molecular flexibility index (Phi) is 3.92. The molecule has 4 nitrogen and oxygen atoms in total. The lowest BCUT2D eigenvalue weighted by atomic mass is 9.86. The maximum atomic E-state index is 12.0. The average molecular weight is 237 g/mol. The number of amides is 2. The van der Waals surface area contributed by atoms with Crippen molar-refractivity contribution in [1.29, 1.82) is 0 Å². The van der Waals surface area contributed by atoms with Crippen LogP contribution in [0, 0.1) is 5.92 Å². The van der Waals surface area contributed by atoms with Crippen LogP contribution in [0.2, 0.25) is 0 Å². The van der Waals surface area contributed by atoms with E-state index in [2.05, 4.69) is 0 Å². The number of hydrogen-bond acceptors (Lipinski definition) is 3.